The second-order valence-electron chi connectivity index (χ2n) is 6.65. The molecule has 0 unspecified atom stereocenters. The summed E-state index contributed by atoms with van der Waals surface area (Å²) in [5, 5.41) is 10.7. The Bertz CT molecular complexity index is 850. The number of amidine groups is 1. The third-order valence-corrected chi connectivity index (χ3v) is 4.43. The fourth-order valence-corrected chi connectivity index (χ4v) is 2.93. The lowest BCUT2D eigenvalue weighted by Crippen LogP contribution is -2.58. The molecule has 0 radical (unpaired) electrons. The number of amides is 1. The van der Waals surface area contributed by atoms with Gasteiger partial charge in [-0.2, -0.15) is 0 Å². The van der Waals surface area contributed by atoms with Gasteiger partial charge in [-0.3, -0.25) is 10.2 Å². The molecule has 0 saturated carbocycles. The molecular weight excluding hydrogens is 323 g/mol. The van der Waals surface area contributed by atoms with Gasteiger partial charge in [0.15, 0.2) is 11.7 Å². The lowest BCUT2D eigenvalue weighted by atomic mass is 9.95. The first-order valence-corrected chi connectivity index (χ1v) is 7.99. The molecule has 8 heteroatoms. The Morgan fingerprint density at radius 1 is 1.48 bits per heavy atom. The Morgan fingerprint density at radius 2 is 2.20 bits per heavy atom. The Hall–Kier alpha value is -2.90. The molecule has 25 heavy (non-hydrogen) atoms. The summed E-state index contributed by atoms with van der Waals surface area (Å²) in [6.45, 7) is 4.43. The number of nitrogens with two attached hydrogens (primary N) is 1. The molecule has 0 atom stereocenters. The number of aromatic nitrogens is 2. The van der Waals surface area contributed by atoms with Crippen LogP contribution in [-0.2, 0) is 10.3 Å². The van der Waals surface area contributed by atoms with Crippen molar-refractivity contribution in [2.45, 2.75) is 19.4 Å². The Labute approximate surface area is 144 Å². The van der Waals surface area contributed by atoms with E-state index in [2.05, 4.69) is 10.3 Å². The van der Waals surface area contributed by atoms with Gasteiger partial charge in [-0.1, -0.05) is 6.07 Å². The van der Waals surface area contributed by atoms with Crippen LogP contribution in [0.3, 0.4) is 0 Å². The maximum absolute atomic E-state index is 13.3. The van der Waals surface area contributed by atoms with Crippen LogP contribution in [0, 0.1) is 11.3 Å². The number of hydrogen-bond donors (Lipinski definition) is 3. The molecule has 2 aromatic heterocycles. The standard InChI is InChI=1S/C17H21FN6O/c1-17(2,13-8-21-14-5-3-4-6-24(13)14)22-16(25)11-9-23(10-11)15(20)12(18)7-19/h3-8,11,20H,9-10,19H2,1-2H3,(H,22,25). The molecule has 1 saturated heterocycles. The molecule has 0 bridgehead atoms. The summed E-state index contributed by atoms with van der Waals surface area (Å²) in [5.41, 5.74) is 6.14. The first kappa shape index (κ1) is 16.9. The summed E-state index contributed by atoms with van der Waals surface area (Å²) in [6, 6.07) is 5.71. The van der Waals surface area contributed by atoms with Gasteiger partial charge in [-0.15, -0.1) is 0 Å². The second-order valence-corrected chi connectivity index (χ2v) is 6.65. The predicted molar refractivity (Wildman–Crippen MR) is 92.5 cm³/mol. The maximum Gasteiger partial charge on any atom is 0.227 e. The number of likely N-dealkylation sites (tertiary alicyclic amines) is 1. The zero-order valence-electron chi connectivity index (χ0n) is 14.2. The number of halogens is 1. The highest BCUT2D eigenvalue weighted by atomic mass is 19.1. The summed E-state index contributed by atoms with van der Waals surface area (Å²) >= 11 is 0. The molecule has 132 valence electrons. The molecule has 1 aliphatic rings. The van der Waals surface area contributed by atoms with Crippen LogP contribution in [0.15, 0.2) is 42.6 Å². The van der Waals surface area contributed by atoms with E-state index in [1.807, 2.05) is 42.6 Å². The minimum atomic E-state index is -0.787. The summed E-state index contributed by atoms with van der Waals surface area (Å²) in [4.78, 5) is 18.3. The van der Waals surface area contributed by atoms with Crippen molar-refractivity contribution in [2.24, 2.45) is 11.7 Å². The van der Waals surface area contributed by atoms with Crippen molar-refractivity contribution in [1.82, 2.24) is 19.6 Å². The smallest absolute Gasteiger partial charge is 0.227 e. The van der Waals surface area contributed by atoms with Crippen LogP contribution in [0.1, 0.15) is 19.5 Å². The predicted octanol–water partition coefficient (Wildman–Crippen LogP) is 1.36. The summed E-state index contributed by atoms with van der Waals surface area (Å²) in [7, 11) is 0. The molecule has 3 rings (SSSR count). The summed E-state index contributed by atoms with van der Waals surface area (Å²) < 4.78 is 15.2. The summed E-state index contributed by atoms with van der Waals surface area (Å²) in [6.07, 6.45) is 4.41. The molecule has 4 N–H and O–H groups in total. The highest BCUT2D eigenvalue weighted by Gasteiger charge is 2.38. The number of fused-ring (bicyclic) bond motifs is 1. The van der Waals surface area contributed by atoms with Crippen molar-refractivity contribution in [3.05, 3.63) is 48.3 Å². The van der Waals surface area contributed by atoms with Crippen LogP contribution >= 0.6 is 0 Å². The molecule has 3 heterocycles. The third-order valence-electron chi connectivity index (χ3n) is 4.43. The lowest BCUT2D eigenvalue weighted by Gasteiger charge is -2.40. The molecule has 1 fully saturated rings. The number of carbonyl (C=O) groups excluding carboxylic acids is 1. The lowest BCUT2D eigenvalue weighted by molar-refractivity contribution is -0.130. The summed E-state index contributed by atoms with van der Waals surface area (Å²) in [5.74, 6) is -1.49. The molecule has 1 amide bonds. The highest BCUT2D eigenvalue weighted by molar-refractivity contribution is 5.95. The SMILES string of the molecule is CC(C)(NC(=O)C1CN(C(=N)C(F)=CN)C1)c1cnc2ccccn12. The maximum atomic E-state index is 13.3. The molecule has 0 aromatic carbocycles. The molecule has 1 aliphatic heterocycles. The van der Waals surface area contributed by atoms with E-state index in [9.17, 15) is 9.18 Å². The number of carbonyl (C=O) groups is 1. The van der Waals surface area contributed by atoms with E-state index >= 15 is 0 Å². The van der Waals surface area contributed by atoms with Crippen LogP contribution in [0.2, 0.25) is 0 Å². The van der Waals surface area contributed by atoms with E-state index in [-0.39, 0.29) is 17.7 Å². The van der Waals surface area contributed by atoms with Crippen molar-refractivity contribution < 1.29 is 9.18 Å². The Kier molecular flexibility index (Phi) is 4.20. The zero-order chi connectivity index (χ0) is 18.2. The van der Waals surface area contributed by atoms with Crippen LogP contribution in [-0.4, -0.2) is 39.1 Å². The van der Waals surface area contributed by atoms with E-state index in [0.29, 0.717) is 13.1 Å². The topological polar surface area (TPSA) is 99.5 Å². The van der Waals surface area contributed by atoms with Crippen molar-refractivity contribution >= 4 is 17.4 Å². The van der Waals surface area contributed by atoms with Crippen LogP contribution in [0.5, 0.6) is 0 Å². The molecular formula is C17H21FN6O. The van der Waals surface area contributed by atoms with E-state index in [1.54, 1.807) is 6.20 Å². The average molecular weight is 344 g/mol. The molecule has 0 spiro atoms. The number of nitrogens with zero attached hydrogens (tertiary/aromatic N) is 3. The number of pyridine rings is 1. The number of nitrogens with one attached hydrogen (secondary N) is 2. The van der Waals surface area contributed by atoms with Gasteiger partial charge >= 0.3 is 0 Å². The minimum absolute atomic E-state index is 0.128. The number of hydrogen-bond acceptors (Lipinski definition) is 4. The normalized spacial score (nSPS) is 16.0. The van der Waals surface area contributed by atoms with Gasteiger partial charge in [-0.25, -0.2) is 9.37 Å². The van der Waals surface area contributed by atoms with Crippen LogP contribution < -0.4 is 11.1 Å². The van der Waals surface area contributed by atoms with Crippen molar-refractivity contribution in [1.29, 1.82) is 5.41 Å². The van der Waals surface area contributed by atoms with Gasteiger partial charge in [0.25, 0.3) is 0 Å². The third kappa shape index (κ3) is 3.07. The first-order valence-electron chi connectivity index (χ1n) is 7.99. The van der Waals surface area contributed by atoms with Gasteiger partial charge in [0, 0.05) is 25.5 Å². The zero-order valence-corrected chi connectivity index (χ0v) is 14.2. The molecule has 2 aromatic rings. The second kappa shape index (κ2) is 6.19. The largest absolute Gasteiger partial charge is 0.402 e. The highest BCUT2D eigenvalue weighted by Crippen LogP contribution is 2.24. The van der Waals surface area contributed by atoms with E-state index in [1.165, 1.54) is 4.90 Å². The average Bonchev–Trinajstić information content (AvgIpc) is 2.96. The minimum Gasteiger partial charge on any atom is -0.402 e. The monoisotopic (exact) mass is 344 g/mol. The molecule has 7 nitrogen and oxygen atoms in total. The fourth-order valence-electron chi connectivity index (χ4n) is 2.93. The van der Waals surface area contributed by atoms with Crippen LogP contribution in [0.25, 0.3) is 5.65 Å². The van der Waals surface area contributed by atoms with Crippen molar-refractivity contribution in [2.75, 3.05) is 13.1 Å². The molecule has 0 aliphatic carbocycles. The number of rotatable bonds is 4. The van der Waals surface area contributed by atoms with E-state index < -0.39 is 11.4 Å². The van der Waals surface area contributed by atoms with E-state index in [4.69, 9.17) is 11.1 Å². The van der Waals surface area contributed by atoms with E-state index in [0.717, 1.165) is 17.5 Å². The van der Waals surface area contributed by atoms with Gasteiger partial charge in [-0.05, 0) is 26.0 Å². The first-order chi connectivity index (χ1) is 11.8. The van der Waals surface area contributed by atoms with Gasteiger partial charge in [0.2, 0.25) is 5.91 Å². The fraction of sp³-hybridized carbons (Fsp3) is 0.353. The number of imidazole rings is 1. The van der Waals surface area contributed by atoms with Crippen molar-refractivity contribution in [3.63, 3.8) is 0 Å². The van der Waals surface area contributed by atoms with Gasteiger partial charge < -0.3 is 20.4 Å². The van der Waals surface area contributed by atoms with Crippen molar-refractivity contribution in [3.8, 4) is 0 Å². The van der Waals surface area contributed by atoms with Gasteiger partial charge in [0.05, 0.1) is 23.3 Å². The Morgan fingerprint density at radius 3 is 2.88 bits per heavy atom. The van der Waals surface area contributed by atoms with Crippen LogP contribution in [0.4, 0.5) is 4.39 Å². The van der Waals surface area contributed by atoms with Gasteiger partial charge in [0.1, 0.15) is 5.65 Å². The quantitative estimate of drug-likeness (QED) is 0.576. The Balaban J connectivity index is 1.66.